The van der Waals surface area contributed by atoms with Gasteiger partial charge in [0.05, 0.1) is 0 Å². The Morgan fingerprint density at radius 2 is 1.82 bits per heavy atom. The first-order chi connectivity index (χ1) is 8.11. The molecule has 0 saturated carbocycles. The van der Waals surface area contributed by atoms with Gasteiger partial charge in [-0.1, -0.05) is 6.58 Å². The van der Waals surface area contributed by atoms with Gasteiger partial charge in [0.15, 0.2) is 5.82 Å². The van der Waals surface area contributed by atoms with Crippen LogP contribution in [0, 0.1) is 0 Å². The summed E-state index contributed by atoms with van der Waals surface area (Å²) in [7, 11) is 0. The van der Waals surface area contributed by atoms with Gasteiger partial charge in [-0.25, -0.2) is 24.4 Å². The molecule has 2 rings (SSSR count). The molecule has 0 atom stereocenters. The lowest BCUT2D eigenvalue weighted by Gasteiger charge is -2.00. The van der Waals surface area contributed by atoms with Crippen LogP contribution in [0.5, 0.6) is 0 Å². The molecular formula is C8H6N6O3. The highest BCUT2D eigenvalue weighted by Gasteiger charge is 2.08. The topological polar surface area (TPSA) is 126 Å². The van der Waals surface area contributed by atoms with Gasteiger partial charge in [-0.3, -0.25) is 9.97 Å². The van der Waals surface area contributed by atoms with Crippen LogP contribution in [-0.2, 0) is 0 Å². The molecule has 0 amide bonds. The van der Waals surface area contributed by atoms with E-state index in [9.17, 15) is 14.4 Å². The van der Waals surface area contributed by atoms with E-state index in [1.54, 1.807) is 0 Å². The van der Waals surface area contributed by atoms with Gasteiger partial charge in [0.25, 0.3) is 0 Å². The van der Waals surface area contributed by atoms with Gasteiger partial charge in [0.2, 0.25) is 5.95 Å². The second-order valence-corrected chi connectivity index (χ2v) is 2.87. The van der Waals surface area contributed by atoms with E-state index in [1.165, 1.54) is 6.08 Å². The summed E-state index contributed by atoms with van der Waals surface area (Å²) in [6.45, 7) is 3.44. The van der Waals surface area contributed by atoms with Crippen molar-refractivity contribution in [2.24, 2.45) is 0 Å². The molecule has 0 aliphatic heterocycles. The molecule has 0 aromatic carbocycles. The Bertz CT molecular complexity index is 705. The van der Waals surface area contributed by atoms with E-state index in [-0.39, 0.29) is 11.8 Å². The summed E-state index contributed by atoms with van der Waals surface area (Å²) in [6.07, 6.45) is 2.45. The molecule has 0 spiro atoms. The van der Waals surface area contributed by atoms with Crippen molar-refractivity contribution in [1.82, 2.24) is 29.5 Å². The van der Waals surface area contributed by atoms with Crippen molar-refractivity contribution in [1.29, 1.82) is 0 Å². The van der Waals surface area contributed by atoms with Gasteiger partial charge in [-0.2, -0.15) is 9.55 Å². The van der Waals surface area contributed by atoms with Crippen molar-refractivity contribution in [3.8, 4) is 5.95 Å². The highest BCUT2D eigenvalue weighted by molar-refractivity contribution is 5.36. The second kappa shape index (κ2) is 3.96. The SMILES string of the molecule is C=Cc1ncnc(-n2c(=O)[nH]c(=O)[nH]c2=O)n1. The first kappa shape index (κ1) is 10.7. The Hall–Kier alpha value is -2.84. The van der Waals surface area contributed by atoms with E-state index in [0.717, 1.165) is 6.33 Å². The standard InChI is InChI=1S/C8H6N6O3/c1-2-4-9-3-10-5(11-4)14-7(16)12-6(15)13-8(14)17/h2-3H,1H2,(H2,12,13,15,16,17). The fourth-order valence-corrected chi connectivity index (χ4v) is 1.12. The molecule has 2 aromatic heterocycles. The predicted octanol–water partition coefficient (Wildman–Crippen LogP) is -1.96. The van der Waals surface area contributed by atoms with Crippen LogP contribution < -0.4 is 17.1 Å². The Morgan fingerprint density at radius 3 is 2.41 bits per heavy atom. The van der Waals surface area contributed by atoms with Gasteiger partial charge in [-0.15, -0.1) is 0 Å². The van der Waals surface area contributed by atoms with Crippen LogP contribution in [-0.4, -0.2) is 29.5 Å². The Balaban J connectivity index is 2.77. The van der Waals surface area contributed by atoms with E-state index < -0.39 is 17.1 Å². The molecule has 0 aliphatic carbocycles. The Kier molecular flexibility index (Phi) is 2.49. The lowest BCUT2D eigenvalue weighted by molar-refractivity contribution is 0.737. The minimum atomic E-state index is -0.931. The number of rotatable bonds is 2. The number of hydrogen-bond acceptors (Lipinski definition) is 6. The molecule has 0 unspecified atom stereocenters. The van der Waals surface area contributed by atoms with Crippen molar-refractivity contribution < 1.29 is 0 Å². The summed E-state index contributed by atoms with van der Waals surface area (Å²) in [5, 5.41) is 0. The van der Waals surface area contributed by atoms with Gasteiger partial charge < -0.3 is 0 Å². The van der Waals surface area contributed by atoms with Gasteiger partial charge in [-0.05, 0) is 6.08 Å². The van der Waals surface area contributed by atoms with Gasteiger partial charge >= 0.3 is 17.1 Å². The molecule has 9 heteroatoms. The third kappa shape index (κ3) is 1.93. The summed E-state index contributed by atoms with van der Waals surface area (Å²) in [5.74, 6) is 0.00454. The van der Waals surface area contributed by atoms with Crippen LogP contribution >= 0.6 is 0 Å². The number of aromatic amines is 2. The third-order valence-electron chi connectivity index (χ3n) is 1.81. The smallest absolute Gasteiger partial charge is 0.258 e. The second-order valence-electron chi connectivity index (χ2n) is 2.87. The molecule has 0 saturated heterocycles. The van der Waals surface area contributed by atoms with Crippen LogP contribution in [0.4, 0.5) is 0 Å². The molecule has 0 radical (unpaired) electrons. The van der Waals surface area contributed by atoms with Crippen LogP contribution in [0.2, 0.25) is 0 Å². The van der Waals surface area contributed by atoms with E-state index >= 15 is 0 Å². The quantitative estimate of drug-likeness (QED) is 0.621. The first-order valence-electron chi connectivity index (χ1n) is 4.39. The van der Waals surface area contributed by atoms with Crippen molar-refractivity contribution in [3.63, 3.8) is 0 Å². The summed E-state index contributed by atoms with van der Waals surface area (Å²) in [6, 6.07) is 0. The molecule has 2 heterocycles. The zero-order valence-electron chi connectivity index (χ0n) is 8.38. The highest BCUT2D eigenvalue weighted by Crippen LogP contribution is 1.93. The average Bonchev–Trinajstić information content (AvgIpc) is 2.28. The molecule has 0 bridgehead atoms. The number of H-pyrrole nitrogens is 2. The monoisotopic (exact) mass is 234 g/mol. The molecule has 86 valence electrons. The van der Waals surface area contributed by atoms with Crippen molar-refractivity contribution in [3.05, 3.63) is 50.2 Å². The largest absolute Gasteiger partial charge is 0.340 e. The van der Waals surface area contributed by atoms with Crippen LogP contribution in [0.1, 0.15) is 5.82 Å². The van der Waals surface area contributed by atoms with Crippen LogP contribution in [0.15, 0.2) is 27.3 Å². The maximum Gasteiger partial charge on any atom is 0.340 e. The fraction of sp³-hybridized carbons (Fsp3) is 0. The van der Waals surface area contributed by atoms with Crippen molar-refractivity contribution >= 4 is 6.08 Å². The number of nitrogens with zero attached hydrogens (tertiary/aromatic N) is 4. The fourth-order valence-electron chi connectivity index (χ4n) is 1.12. The van der Waals surface area contributed by atoms with Crippen LogP contribution in [0.3, 0.4) is 0 Å². The van der Waals surface area contributed by atoms with Crippen molar-refractivity contribution in [2.45, 2.75) is 0 Å². The maximum absolute atomic E-state index is 11.4. The third-order valence-corrected chi connectivity index (χ3v) is 1.81. The van der Waals surface area contributed by atoms with E-state index in [0.29, 0.717) is 4.57 Å². The molecule has 2 N–H and O–H groups in total. The Morgan fingerprint density at radius 1 is 1.18 bits per heavy atom. The Labute approximate surface area is 92.5 Å². The minimum Gasteiger partial charge on any atom is -0.258 e. The average molecular weight is 234 g/mol. The molecule has 9 nitrogen and oxygen atoms in total. The van der Waals surface area contributed by atoms with Crippen LogP contribution in [0.25, 0.3) is 12.0 Å². The van der Waals surface area contributed by atoms with Gasteiger partial charge in [0, 0.05) is 0 Å². The maximum atomic E-state index is 11.4. The lowest BCUT2D eigenvalue weighted by atomic mass is 10.6. The lowest BCUT2D eigenvalue weighted by Crippen LogP contribution is -2.43. The highest BCUT2D eigenvalue weighted by atomic mass is 16.2. The van der Waals surface area contributed by atoms with E-state index in [1.807, 2.05) is 9.97 Å². The summed E-state index contributed by atoms with van der Waals surface area (Å²) in [5.41, 5.74) is -2.76. The van der Waals surface area contributed by atoms with Crippen molar-refractivity contribution in [2.75, 3.05) is 0 Å². The molecule has 2 aromatic rings. The van der Waals surface area contributed by atoms with E-state index in [2.05, 4.69) is 21.5 Å². The normalized spacial score (nSPS) is 10.1. The van der Waals surface area contributed by atoms with E-state index in [4.69, 9.17) is 0 Å². The molecular weight excluding hydrogens is 228 g/mol. The zero-order chi connectivity index (χ0) is 12.4. The molecule has 0 fully saturated rings. The first-order valence-corrected chi connectivity index (χ1v) is 4.39. The summed E-state index contributed by atoms with van der Waals surface area (Å²) in [4.78, 5) is 48.6. The predicted molar refractivity (Wildman–Crippen MR) is 56.8 cm³/mol. The van der Waals surface area contributed by atoms with Gasteiger partial charge in [0.1, 0.15) is 6.33 Å². The molecule has 17 heavy (non-hydrogen) atoms. The number of aromatic nitrogens is 6. The number of nitrogens with one attached hydrogen (secondary N) is 2. The summed E-state index contributed by atoms with van der Waals surface area (Å²) < 4.78 is 0.579. The molecule has 0 aliphatic rings. The summed E-state index contributed by atoms with van der Waals surface area (Å²) >= 11 is 0. The number of hydrogen-bond donors (Lipinski definition) is 2. The minimum absolute atomic E-state index is 0.197. The zero-order valence-corrected chi connectivity index (χ0v) is 8.38.